The number of rotatable bonds is 10. The Bertz CT molecular complexity index is 220. The van der Waals surface area contributed by atoms with E-state index < -0.39 is 0 Å². The highest BCUT2D eigenvalue weighted by Crippen LogP contribution is 2.17. The highest BCUT2D eigenvalue weighted by Gasteiger charge is 2.25. The molecule has 3 nitrogen and oxygen atoms in total. The molecule has 1 rings (SSSR count). The number of nitrogens with zero attached hydrogens (tertiary/aromatic N) is 2. The lowest BCUT2D eigenvalue weighted by Gasteiger charge is -2.31. The van der Waals surface area contributed by atoms with E-state index in [4.69, 9.17) is 0 Å². The molecule has 0 aromatic rings. The van der Waals surface area contributed by atoms with E-state index in [0.717, 1.165) is 12.6 Å². The number of hydrogen-bond acceptors (Lipinski definition) is 3. The summed E-state index contributed by atoms with van der Waals surface area (Å²) >= 11 is 0. The normalized spacial score (nSPS) is 22.3. The first kappa shape index (κ1) is 16.9. The molecule has 2 unspecified atom stereocenters. The van der Waals surface area contributed by atoms with E-state index in [1.54, 1.807) is 0 Å². The summed E-state index contributed by atoms with van der Waals surface area (Å²) in [7, 11) is 2.28. The highest BCUT2D eigenvalue weighted by atomic mass is 15.2. The molecule has 0 amide bonds. The van der Waals surface area contributed by atoms with Gasteiger partial charge >= 0.3 is 0 Å². The smallest absolute Gasteiger partial charge is 0.0223 e. The number of hydrogen-bond donors (Lipinski definition) is 1. The van der Waals surface area contributed by atoms with Gasteiger partial charge in [-0.25, -0.2) is 0 Å². The predicted octanol–water partition coefficient (Wildman–Crippen LogP) is 2.57. The van der Waals surface area contributed by atoms with Crippen molar-refractivity contribution >= 4 is 0 Å². The first-order valence-corrected chi connectivity index (χ1v) is 8.34. The van der Waals surface area contributed by atoms with Crippen molar-refractivity contribution in [1.82, 2.24) is 15.1 Å². The summed E-state index contributed by atoms with van der Waals surface area (Å²) in [5.74, 6) is 0. The minimum atomic E-state index is 0.640. The molecular formula is C16H35N3. The molecule has 3 heteroatoms. The summed E-state index contributed by atoms with van der Waals surface area (Å²) in [6.07, 6.45) is 6.75. The standard InChI is InChI=1S/C16H35N3/c1-5-7-8-11-17-13-15(3)18(4)14-16-10-9-12-19(16)6-2/h15-17H,5-14H2,1-4H3. The van der Waals surface area contributed by atoms with Gasteiger partial charge in [0.15, 0.2) is 0 Å². The fourth-order valence-corrected chi connectivity index (χ4v) is 3.00. The SMILES string of the molecule is CCCCCNCC(C)N(C)CC1CCCN1CC. The number of unbranched alkanes of at least 4 members (excludes halogenated alkanes) is 2. The van der Waals surface area contributed by atoms with Crippen molar-refractivity contribution in [2.45, 2.75) is 65.0 Å². The number of likely N-dealkylation sites (N-methyl/N-ethyl adjacent to an activating group) is 2. The molecule has 1 heterocycles. The lowest BCUT2D eigenvalue weighted by Crippen LogP contribution is -2.45. The molecule has 19 heavy (non-hydrogen) atoms. The van der Waals surface area contributed by atoms with E-state index >= 15 is 0 Å². The molecule has 0 aromatic carbocycles. The second-order valence-corrected chi connectivity index (χ2v) is 6.12. The van der Waals surface area contributed by atoms with Gasteiger partial charge in [-0.15, -0.1) is 0 Å². The zero-order valence-corrected chi connectivity index (χ0v) is 13.6. The van der Waals surface area contributed by atoms with Crippen molar-refractivity contribution in [2.24, 2.45) is 0 Å². The van der Waals surface area contributed by atoms with Gasteiger partial charge in [0.2, 0.25) is 0 Å². The Hall–Kier alpha value is -0.120. The largest absolute Gasteiger partial charge is 0.315 e. The van der Waals surface area contributed by atoms with Crippen LogP contribution < -0.4 is 5.32 Å². The Morgan fingerprint density at radius 1 is 1.32 bits per heavy atom. The van der Waals surface area contributed by atoms with E-state index in [1.165, 1.54) is 58.3 Å². The Morgan fingerprint density at radius 2 is 2.11 bits per heavy atom. The number of nitrogens with one attached hydrogen (secondary N) is 1. The van der Waals surface area contributed by atoms with Crippen molar-refractivity contribution in [3.05, 3.63) is 0 Å². The van der Waals surface area contributed by atoms with Gasteiger partial charge in [-0.05, 0) is 52.9 Å². The summed E-state index contributed by atoms with van der Waals surface area (Å²) in [6, 6.07) is 1.43. The second kappa shape index (κ2) is 9.73. The third kappa shape index (κ3) is 6.24. The first-order chi connectivity index (χ1) is 9.19. The lowest BCUT2D eigenvalue weighted by molar-refractivity contribution is 0.168. The fourth-order valence-electron chi connectivity index (χ4n) is 3.00. The summed E-state index contributed by atoms with van der Waals surface area (Å²) in [5, 5.41) is 3.60. The van der Waals surface area contributed by atoms with Gasteiger partial charge in [-0.1, -0.05) is 26.7 Å². The number of likely N-dealkylation sites (tertiary alicyclic amines) is 1. The Kier molecular flexibility index (Phi) is 8.67. The van der Waals surface area contributed by atoms with Gasteiger partial charge in [0.05, 0.1) is 0 Å². The second-order valence-electron chi connectivity index (χ2n) is 6.12. The van der Waals surface area contributed by atoms with Gasteiger partial charge in [0, 0.05) is 25.2 Å². The molecule has 0 aliphatic carbocycles. The maximum absolute atomic E-state index is 3.60. The summed E-state index contributed by atoms with van der Waals surface area (Å²) in [6.45, 7) is 12.9. The van der Waals surface area contributed by atoms with Crippen LogP contribution in [0.25, 0.3) is 0 Å². The van der Waals surface area contributed by atoms with Crippen LogP contribution in [0.1, 0.15) is 52.9 Å². The van der Waals surface area contributed by atoms with Crippen LogP contribution in [0.2, 0.25) is 0 Å². The first-order valence-electron chi connectivity index (χ1n) is 8.34. The zero-order valence-electron chi connectivity index (χ0n) is 13.6. The van der Waals surface area contributed by atoms with Crippen molar-refractivity contribution in [3.63, 3.8) is 0 Å². The summed E-state index contributed by atoms with van der Waals surface area (Å²) in [4.78, 5) is 5.17. The highest BCUT2D eigenvalue weighted by molar-refractivity contribution is 4.82. The summed E-state index contributed by atoms with van der Waals surface area (Å²) < 4.78 is 0. The minimum Gasteiger partial charge on any atom is -0.315 e. The average Bonchev–Trinajstić information content (AvgIpc) is 2.85. The van der Waals surface area contributed by atoms with Crippen LogP contribution in [0.3, 0.4) is 0 Å². The lowest BCUT2D eigenvalue weighted by atomic mass is 10.2. The molecule has 1 aliphatic rings. The molecule has 1 saturated heterocycles. The topological polar surface area (TPSA) is 18.5 Å². The Labute approximate surface area is 120 Å². The van der Waals surface area contributed by atoms with Gasteiger partial charge in [-0.2, -0.15) is 0 Å². The molecule has 2 atom stereocenters. The minimum absolute atomic E-state index is 0.640. The molecule has 1 aliphatic heterocycles. The van der Waals surface area contributed by atoms with E-state index in [0.29, 0.717) is 6.04 Å². The molecule has 1 N–H and O–H groups in total. The van der Waals surface area contributed by atoms with Crippen molar-refractivity contribution in [2.75, 3.05) is 39.8 Å². The summed E-state index contributed by atoms with van der Waals surface area (Å²) in [5.41, 5.74) is 0. The van der Waals surface area contributed by atoms with Crippen LogP contribution in [-0.4, -0.2) is 61.7 Å². The Morgan fingerprint density at radius 3 is 2.79 bits per heavy atom. The molecule has 0 aromatic heterocycles. The van der Waals surface area contributed by atoms with Crippen molar-refractivity contribution < 1.29 is 0 Å². The van der Waals surface area contributed by atoms with Crippen molar-refractivity contribution in [1.29, 1.82) is 0 Å². The van der Waals surface area contributed by atoms with Gasteiger partial charge in [-0.3, -0.25) is 4.90 Å². The average molecular weight is 269 g/mol. The van der Waals surface area contributed by atoms with Gasteiger partial charge in [0.25, 0.3) is 0 Å². The molecular weight excluding hydrogens is 234 g/mol. The van der Waals surface area contributed by atoms with Crippen LogP contribution in [0.15, 0.2) is 0 Å². The molecule has 1 fully saturated rings. The quantitative estimate of drug-likeness (QED) is 0.615. The third-order valence-corrected chi connectivity index (χ3v) is 4.55. The van der Waals surface area contributed by atoms with Crippen LogP contribution in [0.4, 0.5) is 0 Å². The van der Waals surface area contributed by atoms with E-state index in [-0.39, 0.29) is 0 Å². The third-order valence-electron chi connectivity index (χ3n) is 4.55. The zero-order chi connectivity index (χ0) is 14.1. The monoisotopic (exact) mass is 269 g/mol. The van der Waals surface area contributed by atoms with Crippen LogP contribution >= 0.6 is 0 Å². The van der Waals surface area contributed by atoms with E-state index in [1.807, 2.05) is 0 Å². The Balaban J connectivity index is 2.15. The molecule has 0 radical (unpaired) electrons. The maximum atomic E-state index is 3.60. The molecule has 114 valence electrons. The van der Waals surface area contributed by atoms with Gasteiger partial charge in [0.1, 0.15) is 0 Å². The van der Waals surface area contributed by atoms with E-state index in [9.17, 15) is 0 Å². The molecule has 0 saturated carbocycles. The maximum Gasteiger partial charge on any atom is 0.0223 e. The van der Waals surface area contributed by atoms with E-state index in [2.05, 4.69) is 42.9 Å². The van der Waals surface area contributed by atoms with Crippen LogP contribution in [-0.2, 0) is 0 Å². The fraction of sp³-hybridized carbons (Fsp3) is 1.00. The molecule has 0 bridgehead atoms. The van der Waals surface area contributed by atoms with Gasteiger partial charge < -0.3 is 10.2 Å². The molecule has 0 spiro atoms. The predicted molar refractivity (Wildman–Crippen MR) is 84.8 cm³/mol. The van der Waals surface area contributed by atoms with Crippen LogP contribution in [0.5, 0.6) is 0 Å². The van der Waals surface area contributed by atoms with Crippen LogP contribution in [0, 0.1) is 0 Å². The van der Waals surface area contributed by atoms with Crippen molar-refractivity contribution in [3.8, 4) is 0 Å².